The average Bonchev–Trinajstić information content (AvgIpc) is 3.04. The van der Waals surface area contributed by atoms with Gasteiger partial charge in [0.1, 0.15) is 10.6 Å². The maximum Gasteiger partial charge on any atom is 0.263 e. The first kappa shape index (κ1) is 16.7. The number of fused-ring (bicyclic) bond motifs is 5. The molecule has 7 heteroatoms. The number of benzene rings is 1. The summed E-state index contributed by atoms with van der Waals surface area (Å²) in [5.74, 6) is 2.47. The Kier molecular flexibility index (Phi) is 3.74. The van der Waals surface area contributed by atoms with E-state index in [-0.39, 0.29) is 11.9 Å². The van der Waals surface area contributed by atoms with E-state index in [1.807, 2.05) is 31.2 Å². The number of anilines is 1. The van der Waals surface area contributed by atoms with Gasteiger partial charge in [-0.3, -0.25) is 4.79 Å². The molecule has 1 amide bonds. The van der Waals surface area contributed by atoms with Gasteiger partial charge in [-0.2, -0.15) is 5.10 Å². The second kappa shape index (κ2) is 6.29. The normalized spacial score (nSPS) is 16.1. The molecule has 1 atom stereocenters. The number of nitrogens with one attached hydrogen (secondary N) is 2. The predicted molar refractivity (Wildman–Crippen MR) is 112 cm³/mol. The zero-order valence-corrected chi connectivity index (χ0v) is 15.8. The number of nitrogens with zero attached hydrogens (tertiary/aromatic N) is 3. The minimum absolute atomic E-state index is 0.0314. The van der Waals surface area contributed by atoms with Gasteiger partial charge in [0.15, 0.2) is 0 Å². The highest BCUT2D eigenvalue weighted by molar-refractivity contribution is 7.21. The van der Waals surface area contributed by atoms with Crippen LogP contribution in [0, 0.1) is 12.3 Å². The molecule has 5 rings (SSSR count). The lowest BCUT2D eigenvalue weighted by Crippen LogP contribution is -2.34. The Morgan fingerprint density at radius 2 is 2.18 bits per heavy atom. The van der Waals surface area contributed by atoms with Crippen molar-refractivity contribution in [2.75, 3.05) is 11.9 Å². The summed E-state index contributed by atoms with van der Waals surface area (Å²) in [4.78, 5) is 18.0. The van der Waals surface area contributed by atoms with Crippen molar-refractivity contribution in [3.63, 3.8) is 0 Å². The summed E-state index contributed by atoms with van der Waals surface area (Å²) in [7, 11) is 0. The first-order valence-electron chi connectivity index (χ1n) is 8.85. The minimum atomic E-state index is -0.0314. The summed E-state index contributed by atoms with van der Waals surface area (Å²) in [6.45, 7) is 2.67. The number of hydrogen-bond acceptors (Lipinski definition) is 6. The molecular weight excluding hydrogens is 370 g/mol. The fourth-order valence-electron chi connectivity index (χ4n) is 3.46. The summed E-state index contributed by atoms with van der Waals surface area (Å²) >= 11 is 1.50. The van der Waals surface area contributed by atoms with Crippen molar-refractivity contribution in [1.82, 2.24) is 20.5 Å². The van der Waals surface area contributed by atoms with Gasteiger partial charge in [-0.25, -0.2) is 4.98 Å². The van der Waals surface area contributed by atoms with Crippen LogP contribution in [0.2, 0.25) is 0 Å². The monoisotopic (exact) mass is 385 g/mol. The smallest absolute Gasteiger partial charge is 0.263 e. The fraction of sp³-hybridized carbons (Fsp3) is 0.143. The van der Waals surface area contributed by atoms with Crippen LogP contribution in [0.3, 0.4) is 0 Å². The summed E-state index contributed by atoms with van der Waals surface area (Å²) < 4.78 is 1.06. The number of carbonyl (C=O) groups excluding carboxylic acids is 1. The van der Waals surface area contributed by atoms with Crippen molar-refractivity contribution >= 4 is 43.9 Å². The van der Waals surface area contributed by atoms with Crippen LogP contribution in [0.4, 0.5) is 5.69 Å². The highest BCUT2D eigenvalue weighted by Crippen LogP contribution is 2.41. The molecule has 4 heterocycles. The lowest BCUT2D eigenvalue weighted by atomic mass is 10.1. The van der Waals surface area contributed by atoms with Crippen molar-refractivity contribution in [3.05, 3.63) is 47.1 Å². The van der Waals surface area contributed by atoms with E-state index in [9.17, 15) is 4.79 Å². The summed E-state index contributed by atoms with van der Waals surface area (Å²) in [6.07, 6.45) is 7.08. The van der Waals surface area contributed by atoms with Gasteiger partial charge in [-0.15, -0.1) is 22.9 Å². The molecule has 0 aliphatic carbocycles. The second-order valence-electron chi connectivity index (χ2n) is 6.74. The lowest BCUT2D eigenvalue weighted by Gasteiger charge is -2.10. The highest BCUT2D eigenvalue weighted by atomic mass is 32.1. The summed E-state index contributed by atoms with van der Waals surface area (Å²) in [5.41, 5.74) is 3.81. The molecule has 136 valence electrons. The Bertz CT molecular complexity index is 1300. The Labute approximate surface area is 165 Å². The number of thiophene rings is 1. The van der Waals surface area contributed by atoms with Gasteiger partial charge in [0, 0.05) is 33.6 Å². The van der Waals surface area contributed by atoms with Crippen LogP contribution in [0.5, 0.6) is 0 Å². The van der Waals surface area contributed by atoms with Crippen molar-refractivity contribution in [1.29, 1.82) is 0 Å². The van der Waals surface area contributed by atoms with Gasteiger partial charge in [0.05, 0.1) is 23.1 Å². The van der Waals surface area contributed by atoms with Crippen molar-refractivity contribution < 1.29 is 4.79 Å². The van der Waals surface area contributed by atoms with Crippen LogP contribution in [0.1, 0.15) is 22.3 Å². The Balaban J connectivity index is 1.71. The van der Waals surface area contributed by atoms with Crippen LogP contribution >= 0.6 is 11.3 Å². The highest BCUT2D eigenvalue weighted by Gasteiger charge is 2.24. The van der Waals surface area contributed by atoms with Crippen LogP contribution in [-0.4, -0.2) is 33.7 Å². The van der Waals surface area contributed by atoms with E-state index < -0.39 is 0 Å². The molecule has 1 aliphatic rings. The van der Waals surface area contributed by atoms with Crippen LogP contribution in [-0.2, 0) is 0 Å². The predicted octanol–water partition coefficient (Wildman–Crippen LogP) is 3.43. The Hall–Kier alpha value is -3.50. The first-order valence-corrected chi connectivity index (χ1v) is 9.66. The van der Waals surface area contributed by atoms with Gasteiger partial charge >= 0.3 is 0 Å². The molecule has 0 radical (unpaired) electrons. The number of pyridine rings is 1. The Morgan fingerprint density at radius 3 is 3.04 bits per heavy atom. The minimum Gasteiger partial charge on any atom is -0.381 e. The van der Waals surface area contributed by atoms with E-state index in [0.717, 1.165) is 37.9 Å². The molecule has 0 saturated heterocycles. The molecule has 0 fully saturated rings. The molecule has 0 saturated carbocycles. The van der Waals surface area contributed by atoms with E-state index in [0.29, 0.717) is 17.1 Å². The molecule has 3 aromatic heterocycles. The maximum absolute atomic E-state index is 12.5. The molecular formula is C21H15N5OS. The van der Waals surface area contributed by atoms with Crippen LogP contribution in [0.15, 0.2) is 36.5 Å². The molecule has 1 aliphatic heterocycles. The molecule has 0 spiro atoms. The zero-order valence-electron chi connectivity index (χ0n) is 15.0. The number of rotatable bonds is 1. The average molecular weight is 385 g/mol. The van der Waals surface area contributed by atoms with Gasteiger partial charge in [0.25, 0.3) is 5.91 Å². The topological polar surface area (TPSA) is 79.8 Å². The molecule has 4 aromatic rings. The van der Waals surface area contributed by atoms with Gasteiger partial charge in [-0.05, 0) is 43.2 Å². The third-order valence-electron chi connectivity index (χ3n) is 4.79. The molecule has 6 nitrogen and oxygen atoms in total. The quantitative estimate of drug-likeness (QED) is 0.491. The maximum atomic E-state index is 12.5. The number of hydrogen-bond donors (Lipinski definition) is 2. The van der Waals surface area contributed by atoms with Crippen molar-refractivity contribution in [3.8, 4) is 23.6 Å². The van der Waals surface area contributed by atoms with E-state index in [1.165, 1.54) is 11.3 Å². The summed E-state index contributed by atoms with van der Waals surface area (Å²) in [5, 5.41) is 16.3. The largest absolute Gasteiger partial charge is 0.381 e. The van der Waals surface area contributed by atoms with Gasteiger partial charge in [0.2, 0.25) is 0 Å². The third kappa shape index (κ3) is 2.58. The van der Waals surface area contributed by atoms with E-state index in [2.05, 4.69) is 26.8 Å². The van der Waals surface area contributed by atoms with Gasteiger partial charge in [-0.1, -0.05) is 0 Å². The number of carbonyl (C=O) groups is 1. The zero-order chi connectivity index (χ0) is 19.3. The first-order chi connectivity index (χ1) is 13.6. The molecule has 2 N–H and O–H groups in total. The number of amides is 1. The van der Waals surface area contributed by atoms with E-state index in [4.69, 9.17) is 11.4 Å². The molecule has 1 aromatic carbocycles. The van der Waals surface area contributed by atoms with Crippen LogP contribution < -0.4 is 10.6 Å². The van der Waals surface area contributed by atoms with Gasteiger partial charge < -0.3 is 10.6 Å². The molecule has 0 unspecified atom stereocenters. The second-order valence-corrected chi connectivity index (χ2v) is 7.79. The van der Waals surface area contributed by atoms with Crippen LogP contribution in [0.25, 0.3) is 32.2 Å². The molecule has 0 bridgehead atoms. The van der Waals surface area contributed by atoms with E-state index >= 15 is 0 Å². The SMILES string of the molecule is C#Cc1cc(-c2ccc3c(ccc4sc5c(c43)NC[C@@H](C)NC5=O)n2)cnn1. The lowest BCUT2D eigenvalue weighted by molar-refractivity contribution is 0.0949. The standard InChI is InChI=1S/C21H15N5OS/c1-3-13-8-12(10-23-26-13)15-5-4-14-16(25-15)6-7-17-18(14)19-20(28-17)21(27)24-11(2)9-22-19/h1,4-8,10-11,22H,9H2,2H3,(H,24,27)/t11-/m1/s1. The van der Waals surface area contributed by atoms with Crippen molar-refractivity contribution in [2.45, 2.75) is 13.0 Å². The van der Waals surface area contributed by atoms with Crippen molar-refractivity contribution in [2.24, 2.45) is 0 Å². The Morgan fingerprint density at radius 1 is 1.29 bits per heavy atom. The summed E-state index contributed by atoms with van der Waals surface area (Å²) in [6, 6.07) is 9.85. The van der Waals surface area contributed by atoms with E-state index in [1.54, 1.807) is 12.3 Å². The molecule has 28 heavy (non-hydrogen) atoms. The number of aromatic nitrogens is 3. The third-order valence-corrected chi connectivity index (χ3v) is 5.94. The number of terminal acetylenes is 1. The fourth-order valence-corrected chi connectivity index (χ4v) is 4.56.